The van der Waals surface area contributed by atoms with E-state index in [-0.39, 0.29) is 6.61 Å². The fourth-order valence-electron chi connectivity index (χ4n) is 3.85. The number of allylic oxidation sites excluding steroid dienone is 2. The first-order valence-electron chi connectivity index (χ1n) is 10.8. The number of likely N-dealkylation sites (N-methyl/N-ethyl adjacent to an activating group) is 1. The van der Waals surface area contributed by atoms with Gasteiger partial charge in [0, 0.05) is 6.42 Å². The predicted molar refractivity (Wildman–Crippen MR) is 109 cm³/mol. The number of rotatable bonds is 16. The van der Waals surface area contributed by atoms with Crippen LogP contribution in [0.2, 0.25) is 0 Å². The molecule has 0 fully saturated rings. The molecule has 0 spiro atoms. The summed E-state index contributed by atoms with van der Waals surface area (Å²) in [7, 11) is 0. The van der Waals surface area contributed by atoms with Gasteiger partial charge in [-0.2, -0.15) is 0 Å². The van der Waals surface area contributed by atoms with Crippen LogP contribution in [0.5, 0.6) is 0 Å². The van der Waals surface area contributed by atoms with Crippen LogP contribution in [-0.2, 0) is 0 Å². The fourth-order valence-corrected chi connectivity index (χ4v) is 3.85. The summed E-state index contributed by atoms with van der Waals surface area (Å²) >= 11 is 0. The van der Waals surface area contributed by atoms with E-state index in [1.165, 1.54) is 77.0 Å². The third-order valence-corrected chi connectivity index (χ3v) is 5.63. The molecule has 0 aromatic carbocycles. The minimum atomic E-state index is 0.266. The minimum Gasteiger partial charge on any atom is -0.390 e. The summed E-state index contributed by atoms with van der Waals surface area (Å²) in [4.78, 5) is 0. The standard InChI is InChI=1S/C22H43N2O/c1-3-5-6-7-8-9-10-11-12-13-14-15-16-17-22-23-18-19-24(22,4-2)20-21-25/h9-10,18-19,22-23,25H,3-8,11-17,20-21H2,1-2H3/q+1/b10-9+. The smallest absolute Gasteiger partial charge is 0.166 e. The number of aliphatic hydroxyl groups excluding tert-OH is 1. The van der Waals surface area contributed by atoms with E-state index < -0.39 is 0 Å². The number of hydrogen-bond donors (Lipinski definition) is 2. The van der Waals surface area contributed by atoms with Crippen molar-refractivity contribution in [3.8, 4) is 0 Å². The first-order valence-corrected chi connectivity index (χ1v) is 10.8. The van der Waals surface area contributed by atoms with Gasteiger partial charge in [-0.1, -0.05) is 57.6 Å². The molecule has 0 saturated carbocycles. The highest BCUT2D eigenvalue weighted by Gasteiger charge is 2.35. The Balaban J connectivity index is 1.97. The van der Waals surface area contributed by atoms with Crippen LogP contribution in [0.25, 0.3) is 0 Å². The SMILES string of the molecule is CCCCCC/C=C/CCCCCCCC1NC=C[N+]1(CC)CCO. The number of aliphatic hydroxyl groups is 1. The molecule has 3 heteroatoms. The molecule has 2 unspecified atom stereocenters. The largest absolute Gasteiger partial charge is 0.390 e. The molecule has 0 aliphatic carbocycles. The van der Waals surface area contributed by atoms with E-state index in [1.54, 1.807) is 0 Å². The lowest BCUT2D eigenvalue weighted by atomic mass is 10.1. The number of hydrogen-bond acceptors (Lipinski definition) is 2. The molecule has 0 radical (unpaired) electrons. The monoisotopic (exact) mass is 351 g/mol. The minimum absolute atomic E-state index is 0.266. The summed E-state index contributed by atoms with van der Waals surface area (Å²) in [6.45, 7) is 6.64. The second-order valence-electron chi connectivity index (χ2n) is 7.53. The number of nitrogens with one attached hydrogen (secondary N) is 1. The third kappa shape index (κ3) is 8.91. The topological polar surface area (TPSA) is 32.3 Å². The third-order valence-electron chi connectivity index (χ3n) is 5.63. The highest BCUT2D eigenvalue weighted by molar-refractivity contribution is 4.84. The van der Waals surface area contributed by atoms with Gasteiger partial charge in [-0.25, -0.2) is 0 Å². The van der Waals surface area contributed by atoms with Gasteiger partial charge < -0.3 is 10.4 Å². The quantitative estimate of drug-likeness (QED) is 0.219. The molecule has 0 aromatic rings. The summed E-state index contributed by atoms with van der Waals surface area (Å²) in [5.41, 5.74) is 0. The van der Waals surface area contributed by atoms with Gasteiger partial charge in [0.15, 0.2) is 6.17 Å². The van der Waals surface area contributed by atoms with E-state index in [2.05, 4.69) is 43.7 Å². The van der Waals surface area contributed by atoms with Gasteiger partial charge in [0.1, 0.15) is 12.7 Å². The van der Waals surface area contributed by atoms with Gasteiger partial charge in [-0.3, -0.25) is 4.48 Å². The van der Waals surface area contributed by atoms with Gasteiger partial charge in [0.2, 0.25) is 0 Å². The first-order chi connectivity index (χ1) is 12.3. The molecule has 0 aromatic heterocycles. The molecule has 2 atom stereocenters. The molecular weight excluding hydrogens is 308 g/mol. The van der Waals surface area contributed by atoms with Crippen molar-refractivity contribution in [3.05, 3.63) is 24.6 Å². The van der Waals surface area contributed by atoms with Crippen LogP contribution in [0, 0.1) is 0 Å². The number of quaternary nitrogens is 1. The molecule has 0 amide bonds. The van der Waals surface area contributed by atoms with Crippen molar-refractivity contribution in [3.63, 3.8) is 0 Å². The Bertz CT molecular complexity index is 367. The summed E-state index contributed by atoms with van der Waals surface area (Å²) in [6, 6.07) is 0. The van der Waals surface area contributed by atoms with Crippen molar-refractivity contribution >= 4 is 0 Å². The zero-order valence-corrected chi connectivity index (χ0v) is 16.9. The van der Waals surface area contributed by atoms with Crippen LogP contribution in [0.1, 0.15) is 90.9 Å². The number of nitrogens with zero attached hydrogens (tertiary/aromatic N) is 1. The van der Waals surface area contributed by atoms with Crippen molar-refractivity contribution in [2.24, 2.45) is 0 Å². The van der Waals surface area contributed by atoms with E-state index >= 15 is 0 Å². The fraction of sp³-hybridized carbons (Fsp3) is 0.818. The Morgan fingerprint density at radius 3 is 2.20 bits per heavy atom. The molecule has 1 aliphatic heterocycles. The first kappa shape index (κ1) is 22.2. The predicted octanol–water partition coefficient (Wildman–Crippen LogP) is 5.47. The highest BCUT2D eigenvalue weighted by atomic mass is 16.3. The van der Waals surface area contributed by atoms with Gasteiger partial charge in [-0.05, 0) is 39.0 Å². The van der Waals surface area contributed by atoms with Gasteiger partial charge in [0.25, 0.3) is 0 Å². The van der Waals surface area contributed by atoms with Crippen molar-refractivity contribution in [2.75, 3.05) is 19.7 Å². The summed E-state index contributed by atoms with van der Waals surface area (Å²) < 4.78 is 0.902. The summed E-state index contributed by atoms with van der Waals surface area (Å²) in [5, 5.41) is 12.8. The molecule has 1 heterocycles. The zero-order chi connectivity index (χ0) is 18.2. The van der Waals surface area contributed by atoms with Crippen LogP contribution in [-0.4, -0.2) is 35.5 Å². The molecule has 146 valence electrons. The van der Waals surface area contributed by atoms with Crippen LogP contribution in [0.15, 0.2) is 24.6 Å². The second-order valence-corrected chi connectivity index (χ2v) is 7.53. The lowest BCUT2D eigenvalue weighted by molar-refractivity contribution is -0.900. The summed E-state index contributed by atoms with van der Waals surface area (Å²) in [5.74, 6) is 0. The Morgan fingerprint density at radius 1 is 0.920 bits per heavy atom. The second kappa shape index (κ2) is 14.4. The Hall–Kier alpha value is -0.800. The molecule has 1 rings (SSSR count). The van der Waals surface area contributed by atoms with E-state index in [9.17, 15) is 5.11 Å². The normalized spacial score (nSPS) is 22.8. The average Bonchev–Trinajstić information content (AvgIpc) is 3.02. The van der Waals surface area contributed by atoms with E-state index in [0.717, 1.165) is 17.6 Å². The lowest BCUT2D eigenvalue weighted by Crippen LogP contribution is -2.54. The number of unbranched alkanes of at least 4 members (excludes halogenated alkanes) is 9. The maximum atomic E-state index is 9.34. The van der Waals surface area contributed by atoms with Gasteiger partial charge in [-0.15, -0.1) is 0 Å². The van der Waals surface area contributed by atoms with E-state index in [0.29, 0.717) is 6.17 Å². The van der Waals surface area contributed by atoms with Crippen LogP contribution in [0.4, 0.5) is 0 Å². The Kier molecular flexibility index (Phi) is 12.8. The van der Waals surface area contributed by atoms with Gasteiger partial charge in [0.05, 0.1) is 19.4 Å². The van der Waals surface area contributed by atoms with Crippen LogP contribution in [0.3, 0.4) is 0 Å². The maximum Gasteiger partial charge on any atom is 0.166 e. The van der Waals surface area contributed by atoms with Crippen LogP contribution < -0.4 is 5.32 Å². The molecule has 0 saturated heterocycles. The molecule has 25 heavy (non-hydrogen) atoms. The van der Waals surface area contributed by atoms with Crippen molar-refractivity contribution in [2.45, 2.75) is 97.1 Å². The molecular formula is C22H43N2O+. The van der Waals surface area contributed by atoms with Crippen molar-refractivity contribution in [1.29, 1.82) is 0 Å². The summed E-state index contributed by atoms with van der Waals surface area (Å²) in [6.07, 6.45) is 25.5. The van der Waals surface area contributed by atoms with E-state index in [1.807, 2.05) is 0 Å². The molecule has 2 N–H and O–H groups in total. The van der Waals surface area contributed by atoms with E-state index in [4.69, 9.17) is 0 Å². The molecule has 3 nitrogen and oxygen atoms in total. The Morgan fingerprint density at radius 2 is 1.56 bits per heavy atom. The van der Waals surface area contributed by atoms with Crippen molar-refractivity contribution in [1.82, 2.24) is 5.32 Å². The highest BCUT2D eigenvalue weighted by Crippen LogP contribution is 2.22. The Labute approximate surface area is 156 Å². The molecule has 0 bridgehead atoms. The zero-order valence-electron chi connectivity index (χ0n) is 16.9. The van der Waals surface area contributed by atoms with Crippen LogP contribution >= 0.6 is 0 Å². The van der Waals surface area contributed by atoms with Crippen molar-refractivity contribution < 1.29 is 9.59 Å². The van der Waals surface area contributed by atoms with Gasteiger partial charge >= 0.3 is 0 Å². The average molecular weight is 352 g/mol. The molecule has 1 aliphatic rings. The maximum absolute atomic E-state index is 9.34. The lowest BCUT2D eigenvalue weighted by Gasteiger charge is -2.36.